The second-order valence-corrected chi connectivity index (χ2v) is 6.63. The maximum absolute atomic E-state index is 13.2. The van der Waals surface area contributed by atoms with Crippen molar-refractivity contribution in [1.29, 1.82) is 0 Å². The molecule has 2 aromatic rings. The van der Waals surface area contributed by atoms with E-state index in [2.05, 4.69) is 21.2 Å². The van der Waals surface area contributed by atoms with E-state index in [0.29, 0.717) is 12.0 Å². The van der Waals surface area contributed by atoms with Gasteiger partial charge in [-0.25, -0.2) is 9.18 Å². The van der Waals surface area contributed by atoms with Crippen molar-refractivity contribution >= 4 is 27.9 Å². The van der Waals surface area contributed by atoms with Crippen molar-refractivity contribution < 1.29 is 14.0 Å². The summed E-state index contributed by atoms with van der Waals surface area (Å²) in [5.41, 5.74) is 0.289. The van der Waals surface area contributed by atoms with E-state index >= 15 is 0 Å². The van der Waals surface area contributed by atoms with Crippen LogP contribution in [0.3, 0.4) is 0 Å². The fourth-order valence-electron chi connectivity index (χ4n) is 2.96. The molecule has 0 radical (unpaired) electrons. The smallest absolute Gasteiger partial charge is 0.319 e. The summed E-state index contributed by atoms with van der Waals surface area (Å²) >= 11 is 3.38. The molecule has 1 unspecified atom stereocenters. The van der Waals surface area contributed by atoms with E-state index in [1.54, 1.807) is 12.1 Å². The molecule has 6 heteroatoms. The normalized spacial score (nSPS) is 20.4. The summed E-state index contributed by atoms with van der Waals surface area (Å²) in [4.78, 5) is 26.6. The Balaban J connectivity index is 1.93. The van der Waals surface area contributed by atoms with Gasteiger partial charge >= 0.3 is 6.03 Å². The average molecular weight is 391 g/mol. The second kappa shape index (κ2) is 6.36. The number of benzene rings is 2. The Morgan fingerprint density at radius 1 is 1.17 bits per heavy atom. The highest BCUT2D eigenvalue weighted by Gasteiger charge is 2.51. The number of hydrogen-bond acceptors (Lipinski definition) is 2. The number of urea groups is 1. The number of carbonyl (C=O) groups is 2. The molecule has 1 aliphatic heterocycles. The molecule has 0 aromatic heterocycles. The fourth-order valence-corrected chi connectivity index (χ4v) is 3.41. The standard InChI is InChI=1S/C18H16BrFN2O2/c1-2-18(13-6-8-15(20)9-7-13)16(23)22(17(24)21-18)11-12-4-3-5-14(19)10-12/h3-10H,2,11H2,1H3,(H,21,24). The van der Waals surface area contributed by atoms with Gasteiger partial charge in [0.1, 0.15) is 11.4 Å². The first-order chi connectivity index (χ1) is 11.5. The Morgan fingerprint density at radius 2 is 1.88 bits per heavy atom. The number of hydrogen-bond donors (Lipinski definition) is 1. The zero-order valence-corrected chi connectivity index (χ0v) is 14.6. The molecule has 24 heavy (non-hydrogen) atoms. The highest BCUT2D eigenvalue weighted by Crippen LogP contribution is 2.33. The van der Waals surface area contributed by atoms with Crippen molar-refractivity contribution in [3.05, 3.63) is 69.9 Å². The van der Waals surface area contributed by atoms with Gasteiger partial charge in [0.2, 0.25) is 0 Å². The van der Waals surface area contributed by atoms with E-state index in [0.717, 1.165) is 10.0 Å². The molecule has 1 saturated heterocycles. The summed E-state index contributed by atoms with van der Waals surface area (Å²) < 4.78 is 14.1. The number of halogens is 2. The van der Waals surface area contributed by atoms with Crippen LogP contribution in [0.4, 0.5) is 9.18 Å². The van der Waals surface area contributed by atoms with Crippen molar-refractivity contribution in [3.8, 4) is 0 Å². The second-order valence-electron chi connectivity index (χ2n) is 5.72. The monoisotopic (exact) mass is 390 g/mol. The SMILES string of the molecule is CCC1(c2ccc(F)cc2)NC(=O)N(Cc2cccc(Br)c2)C1=O. The van der Waals surface area contributed by atoms with Gasteiger partial charge in [-0.2, -0.15) is 0 Å². The minimum Gasteiger partial charge on any atom is -0.319 e. The topological polar surface area (TPSA) is 49.4 Å². The lowest BCUT2D eigenvalue weighted by atomic mass is 9.87. The van der Waals surface area contributed by atoms with Gasteiger partial charge < -0.3 is 5.32 Å². The quantitative estimate of drug-likeness (QED) is 0.803. The van der Waals surface area contributed by atoms with Crippen molar-refractivity contribution in [3.63, 3.8) is 0 Å². The molecule has 1 fully saturated rings. The van der Waals surface area contributed by atoms with Crippen LogP contribution in [0.2, 0.25) is 0 Å². The van der Waals surface area contributed by atoms with Crippen LogP contribution in [0.1, 0.15) is 24.5 Å². The minimum absolute atomic E-state index is 0.188. The summed E-state index contributed by atoms with van der Waals surface area (Å²) in [7, 11) is 0. The lowest BCUT2D eigenvalue weighted by Gasteiger charge is -2.25. The van der Waals surface area contributed by atoms with Gasteiger partial charge in [-0.05, 0) is 41.8 Å². The van der Waals surface area contributed by atoms with E-state index in [1.807, 2.05) is 31.2 Å². The first-order valence-electron chi connectivity index (χ1n) is 7.61. The van der Waals surface area contributed by atoms with E-state index < -0.39 is 11.6 Å². The zero-order chi connectivity index (χ0) is 17.3. The van der Waals surface area contributed by atoms with Gasteiger partial charge in [-0.15, -0.1) is 0 Å². The van der Waals surface area contributed by atoms with Gasteiger partial charge in [-0.1, -0.05) is 47.1 Å². The third-order valence-electron chi connectivity index (χ3n) is 4.27. The van der Waals surface area contributed by atoms with Gasteiger partial charge in [0.15, 0.2) is 0 Å². The van der Waals surface area contributed by atoms with Crippen LogP contribution in [0.15, 0.2) is 53.0 Å². The Kier molecular flexibility index (Phi) is 4.41. The number of amides is 3. The Hall–Kier alpha value is -2.21. The Morgan fingerprint density at radius 3 is 2.50 bits per heavy atom. The molecule has 3 amide bonds. The predicted octanol–water partition coefficient (Wildman–Crippen LogP) is 3.95. The maximum Gasteiger partial charge on any atom is 0.325 e. The Labute approximate surface area is 147 Å². The summed E-state index contributed by atoms with van der Waals surface area (Å²) in [6, 6.07) is 12.7. The van der Waals surface area contributed by atoms with Crippen LogP contribution >= 0.6 is 15.9 Å². The third kappa shape index (κ3) is 2.82. The largest absolute Gasteiger partial charge is 0.325 e. The molecule has 0 aliphatic carbocycles. The lowest BCUT2D eigenvalue weighted by molar-refractivity contribution is -0.132. The number of nitrogens with zero attached hydrogens (tertiary/aromatic N) is 1. The molecule has 2 aromatic carbocycles. The predicted molar refractivity (Wildman–Crippen MR) is 91.6 cm³/mol. The molecule has 1 atom stereocenters. The van der Waals surface area contributed by atoms with E-state index in [4.69, 9.17) is 0 Å². The molecule has 1 aliphatic rings. The van der Waals surface area contributed by atoms with Crippen molar-refractivity contribution in [2.45, 2.75) is 25.4 Å². The van der Waals surface area contributed by atoms with Gasteiger partial charge in [0, 0.05) is 4.47 Å². The van der Waals surface area contributed by atoms with Crippen LogP contribution in [-0.4, -0.2) is 16.8 Å². The first kappa shape index (κ1) is 16.6. The summed E-state index contributed by atoms with van der Waals surface area (Å²) in [6.07, 6.45) is 0.387. The zero-order valence-electron chi connectivity index (χ0n) is 13.1. The maximum atomic E-state index is 13.2. The number of carbonyl (C=O) groups excluding carboxylic acids is 2. The molecule has 4 nitrogen and oxygen atoms in total. The molecule has 124 valence electrons. The van der Waals surface area contributed by atoms with Crippen LogP contribution < -0.4 is 5.32 Å². The molecule has 3 rings (SSSR count). The summed E-state index contributed by atoms with van der Waals surface area (Å²) in [5, 5.41) is 2.79. The van der Waals surface area contributed by atoms with Crippen LogP contribution in [0, 0.1) is 5.82 Å². The lowest BCUT2D eigenvalue weighted by Crippen LogP contribution is -2.43. The minimum atomic E-state index is -1.14. The van der Waals surface area contributed by atoms with Crippen molar-refractivity contribution in [2.75, 3.05) is 0 Å². The van der Waals surface area contributed by atoms with E-state index in [9.17, 15) is 14.0 Å². The van der Waals surface area contributed by atoms with Gasteiger partial charge in [0.05, 0.1) is 6.54 Å². The molecule has 1 N–H and O–H groups in total. The molecular weight excluding hydrogens is 375 g/mol. The van der Waals surface area contributed by atoms with Gasteiger partial charge in [-0.3, -0.25) is 9.69 Å². The summed E-state index contributed by atoms with van der Waals surface area (Å²) in [6.45, 7) is 2.01. The van der Waals surface area contributed by atoms with Gasteiger partial charge in [0.25, 0.3) is 5.91 Å². The number of imide groups is 1. The number of nitrogens with one attached hydrogen (secondary N) is 1. The molecule has 0 spiro atoms. The van der Waals surface area contributed by atoms with E-state index in [1.165, 1.54) is 17.0 Å². The van der Waals surface area contributed by atoms with Crippen molar-refractivity contribution in [1.82, 2.24) is 10.2 Å². The number of rotatable bonds is 4. The Bertz CT molecular complexity index is 794. The molecule has 0 saturated carbocycles. The highest BCUT2D eigenvalue weighted by atomic mass is 79.9. The van der Waals surface area contributed by atoms with Crippen LogP contribution in [0.25, 0.3) is 0 Å². The summed E-state index contributed by atoms with van der Waals surface area (Å²) in [5.74, 6) is -0.700. The first-order valence-corrected chi connectivity index (χ1v) is 8.40. The molecule has 0 bridgehead atoms. The van der Waals surface area contributed by atoms with Crippen LogP contribution in [-0.2, 0) is 16.9 Å². The highest BCUT2D eigenvalue weighted by molar-refractivity contribution is 9.10. The van der Waals surface area contributed by atoms with Crippen LogP contribution in [0.5, 0.6) is 0 Å². The van der Waals surface area contributed by atoms with Crippen molar-refractivity contribution in [2.24, 2.45) is 0 Å². The fraction of sp³-hybridized carbons (Fsp3) is 0.222. The average Bonchev–Trinajstić information content (AvgIpc) is 2.81. The molecular formula is C18H16BrFN2O2. The molecule has 1 heterocycles. The van der Waals surface area contributed by atoms with E-state index in [-0.39, 0.29) is 18.3 Å². The third-order valence-corrected chi connectivity index (χ3v) is 4.77.